The van der Waals surface area contributed by atoms with Gasteiger partial charge in [-0.15, -0.1) is 0 Å². The van der Waals surface area contributed by atoms with Crippen LogP contribution in [0.15, 0.2) is 18.2 Å². The van der Waals surface area contributed by atoms with E-state index in [-0.39, 0.29) is 6.42 Å². The Kier molecular flexibility index (Phi) is 9.77. The van der Waals surface area contributed by atoms with E-state index in [1.54, 1.807) is 12.1 Å². The summed E-state index contributed by atoms with van der Waals surface area (Å²) in [6.45, 7) is 0. The van der Waals surface area contributed by atoms with Crippen LogP contribution in [0.2, 0.25) is 10.0 Å². The van der Waals surface area contributed by atoms with Crippen LogP contribution < -0.4 is 5.11 Å². The second-order valence-corrected chi connectivity index (χ2v) is 7.28. The number of ether oxygens (including phenoxy) is 1. The molecule has 1 N–H and O–H groups in total. The molecule has 0 radical (unpaired) electrons. The van der Waals surface area contributed by atoms with Crippen molar-refractivity contribution in [2.75, 3.05) is 7.11 Å². The number of carboxylic acid groups (broad SMARTS) is 1. The van der Waals surface area contributed by atoms with E-state index in [9.17, 15) is 24.6 Å². The molecule has 0 aliphatic carbocycles. The van der Waals surface area contributed by atoms with Crippen LogP contribution in [0.1, 0.15) is 50.5 Å². The predicted octanol–water partition coefficient (Wildman–Crippen LogP) is 2.49. The maximum absolute atomic E-state index is 12.0. The van der Waals surface area contributed by atoms with Crippen molar-refractivity contribution < 1.29 is 29.3 Å². The second-order valence-electron chi connectivity index (χ2n) is 6.44. The smallest absolute Gasteiger partial charge is 0.338 e. The van der Waals surface area contributed by atoms with Gasteiger partial charge in [-0.1, -0.05) is 42.1 Å². The minimum absolute atomic E-state index is 0.147. The molecule has 6 nitrogen and oxygen atoms in total. The SMILES string of the molecule is COC(=O)C(O)(CC(=O)[O-])CC(=O)CCCCCCc1ccc(Cl)cc1Cl. The van der Waals surface area contributed by atoms with Gasteiger partial charge in [0, 0.05) is 35.3 Å². The van der Waals surface area contributed by atoms with Crippen molar-refractivity contribution in [1.29, 1.82) is 0 Å². The van der Waals surface area contributed by atoms with E-state index in [1.165, 1.54) is 0 Å². The Morgan fingerprint density at radius 3 is 2.37 bits per heavy atom. The van der Waals surface area contributed by atoms with Crippen molar-refractivity contribution in [2.45, 2.75) is 57.0 Å². The van der Waals surface area contributed by atoms with Gasteiger partial charge in [0.2, 0.25) is 0 Å². The van der Waals surface area contributed by atoms with Crippen molar-refractivity contribution in [2.24, 2.45) is 0 Å². The number of Topliss-reactive ketones (excluding diaryl/α,β-unsaturated/α-hetero) is 1. The zero-order valence-electron chi connectivity index (χ0n) is 15.1. The molecule has 0 heterocycles. The summed E-state index contributed by atoms with van der Waals surface area (Å²) >= 11 is 12.0. The number of aliphatic hydroxyl groups is 1. The van der Waals surface area contributed by atoms with Gasteiger partial charge in [0.1, 0.15) is 5.78 Å². The van der Waals surface area contributed by atoms with E-state index >= 15 is 0 Å². The number of hydrogen-bond donors (Lipinski definition) is 1. The number of unbranched alkanes of at least 4 members (excludes halogenated alkanes) is 3. The average Bonchev–Trinajstić information content (AvgIpc) is 2.57. The third-order valence-electron chi connectivity index (χ3n) is 4.16. The van der Waals surface area contributed by atoms with E-state index < -0.39 is 36.2 Å². The summed E-state index contributed by atoms with van der Waals surface area (Å²) in [7, 11) is 1.01. The van der Waals surface area contributed by atoms with E-state index in [4.69, 9.17) is 23.2 Å². The summed E-state index contributed by atoms with van der Waals surface area (Å²) in [5.74, 6) is -3.18. The Labute approximate surface area is 168 Å². The first-order valence-electron chi connectivity index (χ1n) is 8.64. The van der Waals surface area contributed by atoms with E-state index in [0.29, 0.717) is 16.5 Å². The number of carbonyl (C=O) groups excluding carboxylic acids is 3. The molecule has 1 atom stereocenters. The lowest BCUT2D eigenvalue weighted by atomic mass is 9.91. The standard InChI is InChI=1S/C19H24Cl2O6/c1-27-18(25)19(26,12-17(23)24)11-15(22)7-5-3-2-4-6-13-8-9-14(20)10-16(13)21/h8-10,26H,2-7,11-12H2,1H3,(H,23,24)/p-1. The molecule has 1 rings (SSSR count). The lowest BCUT2D eigenvalue weighted by Gasteiger charge is -2.24. The van der Waals surface area contributed by atoms with Crippen LogP contribution in [0.25, 0.3) is 0 Å². The molecular formula is C19H23Cl2O6-. The Morgan fingerprint density at radius 1 is 1.11 bits per heavy atom. The fourth-order valence-corrected chi connectivity index (χ4v) is 3.27. The highest BCUT2D eigenvalue weighted by Gasteiger charge is 2.39. The van der Waals surface area contributed by atoms with Gasteiger partial charge in [-0.25, -0.2) is 4.79 Å². The number of carboxylic acids is 1. The number of rotatable bonds is 12. The molecule has 8 heteroatoms. The van der Waals surface area contributed by atoms with E-state index in [1.807, 2.05) is 6.07 Å². The molecule has 0 fully saturated rings. The fraction of sp³-hybridized carbons (Fsp3) is 0.526. The predicted molar refractivity (Wildman–Crippen MR) is 99.5 cm³/mol. The average molecular weight is 418 g/mol. The quantitative estimate of drug-likeness (QED) is 0.413. The lowest BCUT2D eigenvalue weighted by Crippen LogP contribution is -2.46. The van der Waals surface area contributed by atoms with Gasteiger partial charge in [0.25, 0.3) is 0 Å². The molecule has 0 aliphatic heterocycles. The molecule has 0 spiro atoms. The normalized spacial score (nSPS) is 13.0. The zero-order chi connectivity index (χ0) is 20.4. The van der Waals surface area contributed by atoms with Gasteiger partial charge in [0.05, 0.1) is 7.11 Å². The monoisotopic (exact) mass is 417 g/mol. The summed E-state index contributed by atoms with van der Waals surface area (Å²) in [5, 5.41) is 22.0. The number of carbonyl (C=O) groups is 3. The molecule has 1 unspecified atom stereocenters. The lowest BCUT2D eigenvalue weighted by molar-refractivity contribution is -0.309. The highest BCUT2D eigenvalue weighted by molar-refractivity contribution is 6.35. The number of methoxy groups -OCH3 is 1. The van der Waals surface area contributed by atoms with Gasteiger partial charge in [0.15, 0.2) is 5.60 Å². The van der Waals surface area contributed by atoms with Crippen molar-refractivity contribution in [1.82, 2.24) is 0 Å². The number of aliphatic carboxylic acids is 1. The number of hydrogen-bond acceptors (Lipinski definition) is 6. The molecule has 0 saturated carbocycles. The zero-order valence-corrected chi connectivity index (χ0v) is 16.6. The summed E-state index contributed by atoms with van der Waals surface area (Å²) in [5.41, 5.74) is -1.36. The van der Waals surface area contributed by atoms with Gasteiger partial charge >= 0.3 is 5.97 Å². The van der Waals surface area contributed by atoms with Crippen molar-refractivity contribution in [3.8, 4) is 0 Å². The number of esters is 1. The third kappa shape index (κ3) is 8.28. The largest absolute Gasteiger partial charge is 0.550 e. The van der Waals surface area contributed by atoms with E-state index in [0.717, 1.165) is 38.4 Å². The highest BCUT2D eigenvalue weighted by atomic mass is 35.5. The Morgan fingerprint density at radius 2 is 1.78 bits per heavy atom. The molecule has 1 aromatic carbocycles. The molecule has 27 heavy (non-hydrogen) atoms. The summed E-state index contributed by atoms with van der Waals surface area (Å²) in [4.78, 5) is 34.3. The summed E-state index contributed by atoms with van der Waals surface area (Å²) < 4.78 is 4.38. The molecule has 1 aromatic rings. The Bertz CT molecular complexity index is 676. The molecule has 0 bridgehead atoms. The summed E-state index contributed by atoms with van der Waals surface area (Å²) in [6, 6.07) is 5.38. The van der Waals surface area contributed by atoms with Crippen molar-refractivity contribution >= 4 is 40.9 Å². The van der Waals surface area contributed by atoms with Crippen LogP contribution in [0.4, 0.5) is 0 Å². The second kappa shape index (κ2) is 11.3. The van der Waals surface area contributed by atoms with Gasteiger partial charge in [-0.2, -0.15) is 0 Å². The van der Waals surface area contributed by atoms with Crippen LogP contribution in [0.3, 0.4) is 0 Å². The minimum Gasteiger partial charge on any atom is -0.550 e. The van der Waals surface area contributed by atoms with Gasteiger partial charge in [-0.3, -0.25) is 4.79 Å². The van der Waals surface area contributed by atoms with Gasteiger partial charge < -0.3 is 19.7 Å². The van der Waals surface area contributed by atoms with Crippen LogP contribution in [0, 0.1) is 0 Å². The first-order valence-corrected chi connectivity index (χ1v) is 9.40. The van der Waals surface area contributed by atoms with Crippen molar-refractivity contribution in [3.05, 3.63) is 33.8 Å². The van der Waals surface area contributed by atoms with Crippen LogP contribution in [-0.2, 0) is 25.5 Å². The first kappa shape index (κ1) is 23.4. The third-order valence-corrected chi connectivity index (χ3v) is 4.75. The maximum atomic E-state index is 12.0. The van der Waals surface area contributed by atoms with Crippen LogP contribution in [-0.4, -0.2) is 35.5 Å². The number of aryl methyl sites for hydroxylation is 1. The Balaban J connectivity index is 2.33. The fourth-order valence-electron chi connectivity index (χ4n) is 2.77. The minimum atomic E-state index is -2.38. The summed E-state index contributed by atoms with van der Waals surface area (Å²) in [6.07, 6.45) is 2.51. The molecule has 0 aromatic heterocycles. The topological polar surface area (TPSA) is 104 Å². The van der Waals surface area contributed by atoms with E-state index in [2.05, 4.69) is 4.74 Å². The van der Waals surface area contributed by atoms with Crippen molar-refractivity contribution in [3.63, 3.8) is 0 Å². The first-order chi connectivity index (χ1) is 12.7. The highest BCUT2D eigenvalue weighted by Crippen LogP contribution is 2.23. The number of halogens is 2. The molecular weight excluding hydrogens is 395 g/mol. The molecule has 0 aliphatic rings. The molecule has 150 valence electrons. The van der Waals surface area contributed by atoms with Gasteiger partial charge in [-0.05, 0) is 37.0 Å². The maximum Gasteiger partial charge on any atom is 0.338 e. The Hall–Kier alpha value is -1.63. The molecule has 0 saturated heterocycles. The van der Waals surface area contributed by atoms with Crippen LogP contribution in [0.5, 0.6) is 0 Å². The number of benzene rings is 1. The van der Waals surface area contributed by atoms with Crippen LogP contribution >= 0.6 is 23.2 Å². The molecule has 0 amide bonds. The number of ketones is 1.